The summed E-state index contributed by atoms with van der Waals surface area (Å²) in [5.74, 6) is -0.880. The Kier molecular flexibility index (Phi) is 4.24. The molecule has 1 N–H and O–H groups in total. The molecule has 0 bridgehead atoms. The van der Waals surface area contributed by atoms with Crippen molar-refractivity contribution in [3.8, 4) is 0 Å². The van der Waals surface area contributed by atoms with E-state index in [9.17, 15) is 14.7 Å². The Bertz CT molecular complexity index is 983. The molecule has 0 spiro atoms. The number of carboxylic acids is 1. The number of carbonyl (C=O) groups is 2. The number of hydrogen-bond acceptors (Lipinski definition) is 4. The summed E-state index contributed by atoms with van der Waals surface area (Å²) in [5.41, 5.74) is 1.69. The molecule has 0 radical (unpaired) electrons. The summed E-state index contributed by atoms with van der Waals surface area (Å²) in [4.78, 5) is 26.0. The van der Waals surface area contributed by atoms with Crippen LogP contribution in [0.15, 0.2) is 35.8 Å². The Hall–Kier alpha value is -2.67. The number of benzene rings is 1. The lowest BCUT2D eigenvalue weighted by Crippen LogP contribution is -2.39. The first-order valence-corrected chi connectivity index (χ1v) is 9.47. The number of amides is 1. The zero-order chi connectivity index (χ0) is 18.3. The van der Waals surface area contributed by atoms with E-state index in [1.54, 1.807) is 22.9 Å². The first kappa shape index (κ1) is 16.8. The predicted octanol–water partition coefficient (Wildman–Crippen LogP) is 3.58. The van der Waals surface area contributed by atoms with Gasteiger partial charge in [-0.15, -0.1) is 11.3 Å². The minimum Gasteiger partial charge on any atom is -0.478 e. The number of nitrogens with zero attached hydrogens (tertiary/aromatic N) is 3. The number of rotatable bonds is 3. The average Bonchev–Trinajstić information content (AvgIpc) is 3.25. The smallest absolute Gasteiger partial charge is 0.339 e. The number of piperidine rings is 1. The first-order valence-electron chi connectivity index (χ1n) is 8.59. The van der Waals surface area contributed by atoms with Gasteiger partial charge in [0.1, 0.15) is 5.56 Å². The summed E-state index contributed by atoms with van der Waals surface area (Å²) in [7, 11) is 0. The number of carbonyl (C=O) groups excluding carboxylic acids is 1. The summed E-state index contributed by atoms with van der Waals surface area (Å²) in [5, 5.41) is 16.4. The lowest BCUT2D eigenvalue weighted by atomic mass is 10.0. The van der Waals surface area contributed by atoms with E-state index >= 15 is 0 Å². The van der Waals surface area contributed by atoms with E-state index in [0.29, 0.717) is 18.8 Å². The van der Waals surface area contributed by atoms with Crippen molar-refractivity contribution in [1.29, 1.82) is 0 Å². The van der Waals surface area contributed by atoms with Crippen molar-refractivity contribution in [3.05, 3.63) is 52.7 Å². The summed E-state index contributed by atoms with van der Waals surface area (Å²) >= 11 is 1.59. The molecule has 0 saturated carbocycles. The van der Waals surface area contributed by atoms with Crippen molar-refractivity contribution >= 4 is 33.3 Å². The molecule has 3 aromatic rings. The summed E-state index contributed by atoms with van der Waals surface area (Å²) in [6, 6.07) is 8.09. The number of aromatic nitrogens is 2. The Labute approximate surface area is 154 Å². The fraction of sp³-hybridized carbons (Fsp3) is 0.316. The van der Waals surface area contributed by atoms with Gasteiger partial charge in [-0.1, -0.05) is 18.2 Å². The molecule has 1 aromatic carbocycles. The fourth-order valence-corrected chi connectivity index (χ4v) is 4.56. The molecule has 3 heterocycles. The predicted molar refractivity (Wildman–Crippen MR) is 99.9 cm³/mol. The van der Waals surface area contributed by atoms with Crippen LogP contribution in [0.5, 0.6) is 0 Å². The molecule has 1 aliphatic rings. The van der Waals surface area contributed by atoms with Gasteiger partial charge in [0.25, 0.3) is 5.91 Å². The first-order chi connectivity index (χ1) is 12.6. The summed E-state index contributed by atoms with van der Waals surface area (Å²) in [6.07, 6.45) is 2.96. The largest absolute Gasteiger partial charge is 0.478 e. The van der Waals surface area contributed by atoms with Crippen LogP contribution in [0.3, 0.4) is 0 Å². The molecule has 6 nitrogen and oxygen atoms in total. The van der Waals surface area contributed by atoms with E-state index in [0.717, 1.165) is 28.5 Å². The van der Waals surface area contributed by atoms with Gasteiger partial charge in [-0.05, 0) is 25.8 Å². The zero-order valence-electron chi connectivity index (χ0n) is 14.4. The third kappa shape index (κ3) is 2.78. The van der Waals surface area contributed by atoms with Crippen LogP contribution in [-0.4, -0.2) is 44.8 Å². The third-order valence-corrected chi connectivity index (χ3v) is 6.05. The molecule has 1 aliphatic heterocycles. The second kappa shape index (κ2) is 6.57. The Balaban J connectivity index is 1.48. The fourth-order valence-electron chi connectivity index (χ4n) is 3.63. The Morgan fingerprint density at radius 1 is 1.19 bits per heavy atom. The number of carboxylic acid groups (broad SMARTS) is 1. The molecule has 7 heteroatoms. The van der Waals surface area contributed by atoms with Crippen LogP contribution in [0.1, 0.15) is 45.3 Å². The van der Waals surface area contributed by atoms with Gasteiger partial charge >= 0.3 is 5.97 Å². The van der Waals surface area contributed by atoms with Gasteiger partial charge in [0.2, 0.25) is 0 Å². The van der Waals surface area contributed by atoms with Crippen molar-refractivity contribution < 1.29 is 14.7 Å². The number of fused-ring (bicyclic) bond motifs is 1. The van der Waals surface area contributed by atoms with Gasteiger partial charge < -0.3 is 10.0 Å². The van der Waals surface area contributed by atoms with Crippen LogP contribution < -0.4 is 0 Å². The monoisotopic (exact) mass is 369 g/mol. The van der Waals surface area contributed by atoms with Crippen molar-refractivity contribution in [2.24, 2.45) is 0 Å². The van der Waals surface area contributed by atoms with Crippen LogP contribution in [0.25, 0.3) is 10.1 Å². The molecule has 0 unspecified atom stereocenters. The number of thiophene rings is 1. The number of hydrogen-bond donors (Lipinski definition) is 1. The van der Waals surface area contributed by atoms with Crippen LogP contribution in [-0.2, 0) is 0 Å². The van der Waals surface area contributed by atoms with Crippen molar-refractivity contribution in [2.45, 2.75) is 25.8 Å². The van der Waals surface area contributed by atoms with Gasteiger partial charge in [-0.3, -0.25) is 9.48 Å². The Morgan fingerprint density at radius 2 is 1.92 bits per heavy atom. The minimum atomic E-state index is -0.953. The molecule has 0 atom stereocenters. The maximum absolute atomic E-state index is 12.9. The van der Waals surface area contributed by atoms with Crippen molar-refractivity contribution in [3.63, 3.8) is 0 Å². The number of likely N-dealkylation sites (tertiary alicyclic amines) is 1. The third-order valence-electron chi connectivity index (χ3n) is 5.08. The molecule has 4 rings (SSSR count). The summed E-state index contributed by atoms with van der Waals surface area (Å²) in [6.45, 7) is 3.08. The highest BCUT2D eigenvalue weighted by Gasteiger charge is 2.28. The Morgan fingerprint density at radius 3 is 2.62 bits per heavy atom. The zero-order valence-corrected chi connectivity index (χ0v) is 15.2. The quantitative estimate of drug-likeness (QED) is 0.766. The van der Waals surface area contributed by atoms with Crippen molar-refractivity contribution in [1.82, 2.24) is 14.7 Å². The SMILES string of the molecule is Cc1c(C(=O)O)cnn1C1CCN(C(=O)c2csc3ccccc23)CC1. The van der Waals surface area contributed by atoms with E-state index in [1.807, 2.05) is 34.5 Å². The van der Waals surface area contributed by atoms with Crippen molar-refractivity contribution in [2.75, 3.05) is 13.1 Å². The van der Waals surface area contributed by atoms with Gasteiger partial charge in [0, 0.05) is 28.6 Å². The molecule has 134 valence electrons. The standard InChI is InChI=1S/C19H19N3O3S/c1-12-15(19(24)25)10-20-22(12)13-6-8-21(9-7-13)18(23)16-11-26-17-5-3-2-4-14(16)17/h2-5,10-11,13H,6-9H2,1H3,(H,24,25). The highest BCUT2D eigenvalue weighted by molar-refractivity contribution is 7.17. The minimum absolute atomic E-state index is 0.0734. The van der Waals surface area contributed by atoms with E-state index in [1.165, 1.54) is 6.20 Å². The highest BCUT2D eigenvalue weighted by atomic mass is 32.1. The molecular formula is C19H19N3O3S. The number of aromatic carboxylic acids is 1. The lowest BCUT2D eigenvalue weighted by molar-refractivity contribution is 0.0690. The second-order valence-electron chi connectivity index (χ2n) is 6.56. The highest BCUT2D eigenvalue weighted by Crippen LogP contribution is 2.29. The normalized spacial score (nSPS) is 15.5. The van der Waals surface area contributed by atoms with Gasteiger partial charge in [-0.25, -0.2) is 4.79 Å². The van der Waals surface area contributed by atoms with Gasteiger partial charge in [-0.2, -0.15) is 5.10 Å². The topological polar surface area (TPSA) is 75.4 Å². The van der Waals surface area contributed by atoms with E-state index in [-0.39, 0.29) is 17.5 Å². The van der Waals surface area contributed by atoms with Crippen LogP contribution in [0.2, 0.25) is 0 Å². The molecular weight excluding hydrogens is 350 g/mol. The molecule has 1 saturated heterocycles. The molecule has 0 aliphatic carbocycles. The lowest BCUT2D eigenvalue weighted by Gasteiger charge is -2.32. The molecule has 1 amide bonds. The van der Waals surface area contributed by atoms with E-state index < -0.39 is 5.97 Å². The molecule has 1 fully saturated rings. The van der Waals surface area contributed by atoms with Crippen LogP contribution in [0, 0.1) is 6.92 Å². The van der Waals surface area contributed by atoms with Gasteiger partial charge in [0.05, 0.1) is 23.5 Å². The van der Waals surface area contributed by atoms with Gasteiger partial charge in [0.15, 0.2) is 0 Å². The molecule has 2 aromatic heterocycles. The summed E-state index contributed by atoms with van der Waals surface area (Å²) < 4.78 is 2.92. The van der Waals surface area contributed by atoms with Crippen LogP contribution >= 0.6 is 11.3 Å². The van der Waals surface area contributed by atoms with Crippen LogP contribution in [0.4, 0.5) is 0 Å². The second-order valence-corrected chi connectivity index (χ2v) is 7.47. The van der Waals surface area contributed by atoms with E-state index in [2.05, 4.69) is 5.10 Å². The maximum Gasteiger partial charge on any atom is 0.339 e. The average molecular weight is 369 g/mol. The van der Waals surface area contributed by atoms with E-state index in [4.69, 9.17) is 0 Å². The maximum atomic E-state index is 12.9. The molecule has 26 heavy (non-hydrogen) atoms.